The van der Waals surface area contributed by atoms with E-state index in [1.54, 1.807) is 0 Å². The molecule has 3 nitrogen and oxygen atoms in total. The van der Waals surface area contributed by atoms with Crippen LogP contribution in [0.4, 0.5) is 5.69 Å². The molecule has 1 aliphatic rings. The number of carbonyl (C=O) groups excluding carboxylic acids is 1. The first-order chi connectivity index (χ1) is 7.31. The summed E-state index contributed by atoms with van der Waals surface area (Å²) in [6.45, 7) is 2.28. The van der Waals surface area contributed by atoms with E-state index in [0.717, 1.165) is 24.3 Å². The molecule has 0 spiro atoms. The minimum Gasteiger partial charge on any atom is -0.372 e. The number of hydrogen-bond acceptors (Lipinski definition) is 3. The molecule has 2 rings (SSSR count). The summed E-state index contributed by atoms with van der Waals surface area (Å²) in [6, 6.07) is 7.75. The Labute approximate surface area is 89.9 Å². The summed E-state index contributed by atoms with van der Waals surface area (Å²) in [6.07, 6.45) is 2.49. The van der Waals surface area contributed by atoms with Crippen LogP contribution in [0.1, 0.15) is 23.2 Å². The molecular formula is C12H16N2O. The van der Waals surface area contributed by atoms with Crippen LogP contribution in [0.2, 0.25) is 0 Å². The molecule has 1 aromatic rings. The molecule has 0 aliphatic carbocycles. The normalized spacial score (nSPS) is 15.7. The molecule has 0 radical (unpaired) electrons. The molecule has 1 heterocycles. The van der Waals surface area contributed by atoms with Crippen molar-refractivity contribution in [2.75, 3.05) is 24.5 Å². The first-order valence-electron chi connectivity index (χ1n) is 5.39. The van der Waals surface area contributed by atoms with Crippen molar-refractivity contribution in [3.05, 3.63) is 29.8 Å². The van der Waals surface area contributed by atoms with Gasteiger partial charge in [-0.05, 0) is 25.0 Å². The average Bonchev–Trinajstić information content (AvgIpc) is 2.82. The Hall–Kier alpha value is -1.35. The van der Waals surface area contributed by atoms with Crippen LogP contribution >= 0.6 is 0 Å². The minimum absolute atomic E-state index is 0.0102. The van der Waals surface area contributed by atoms with Crippen LogP contribution in [0.3, 0.4) is 0 Å². The molecule has 80 valence electrons. The molecule has 0 atom stereocenters. The highest BCUT2D eigenvalue weighted by atomic mass is 16.1. The Morgan fingerprint density at radius 1 is 1.33 bits per heavy atom. The molecule has 1 aliphatic heterocycles. The van der Waals surface area contributed by atoms with E-state index in [2.05, 4.69) is 11.0 Å². The maximum absolute atomic E-state index is 11.4. The van der Waals surface area contributed by atoms with E-state index < -0.39 is 0 Å². The highest BCUT2D eigenvalue weighted by molar-refractivity contribution is 5.98. The van der Waals surface area contributed by atoms with Crippen molar-refractivity contribution in [3.63, 3.8) is 0 Å². The second-order valence-electron chi connectivity index (χ2n) is 3.87. The van der Waals surface area contributed by atoms with Gasteiger partial charge in [-0.2, -0.15) is 0 Å². The number of hydrogen-bond donors (Lipinski definition) is 1. The lowest BCUT2D eigenvalue weighted by atomic mass is 10.1. The van der Waals surface area contributed by atoms with Gasteiger partial charge in [0.05, 0.1) is 6.54 Å². The third-order valence-electron chi connectivity index (χ3n) is 2.82. The lowest BCUT2D eigenvalue weighted by Crippen LogP contribution is -2.19. The number of nitrogens with zero attached hydrogens (tertiary/aromatic N) is 1. The molecule has 1 saturated heterocycles. The minimum atomic E-state index is 0.0102. The van der Waals surface area contributed by atoms with Crippen LogP contribution in [-0.2, 0) is 0 Å². The number of anilines is 1. The summed E-state index contributed by atoms with van der Waals surface area (Å²) in [5, 5.41) is 0. The second-order valence-corrected chi connectivity index (χ2v) is 3.87. The van der Waals surface area contributed by atoms with Gasteiger partial charge in [0.25, 0.3) is 0 Å². The monoisotopic (exact) mass is 204 g/mol. The van der Waals surface area contributed by atoms with Crippen LogP contribution < -0.4 is 10.6 Å². The molecule has 1 aromatic carbocycles. The SMILES string of the molecule is NCC(=O)c1cccc(N2CCCC2)c1. The maximum atomic E-state index is 11.4. The number of ketones is 1. The Bertz CT molecular complexity index is 356. The van der Waals surface area contributed by atoms with Gasteiger partial charge in [-0.25, -0.2) is 0 Å². The number of carbonyl (C=O) groups is 1. The van der Waals surface area contributed by atoms with E-state index in [1.165, 1.54) is 12.8 Å². The van der Waals surface area contributed by atoms with E-state index in [4.69, 9.17) is 5.73 Å². The van der Waals surface area contributed by atoms with Gasteiger partial charge in [-0.3, -0.25) is 4.79 Å². The topological polar surface area (TPSA) is 46.3 Å². The van der Waals surface area contributed by atoms with Crippen molar-refractivity contribution in [1.29, 1.82) is 0 Å². The van der Waals surface area contributed by atoms with Gasteiger partial charge < -0.3 is 10.6 Å². The first-order valence-corrected chi connectivity index (χ1v) is 5.39. The third-order valence-corrected chi connectivity index (χ3v) is 2.82. The van der Waals surface area contributed by atoms with E-state index in [-0.39, 0.29) is 12.3 Å². The number of rotatable bonds is 3. The molecule has 0 saturated carbocycles. The molecule has 2 N–H and O–H groups in total. The summed E-state index contributed by atoms with van der Waals surface area (Å²) in [4.78, 5) is 13.7. The van der Waals surface area contributed by atoms with Crippen molar-refractivity contribution in [2.24, 2.45) is 5.73 Å². The van der Waals surface area contributed by atoms with Crippen molar-refractivity contribution in [2.45, 2.75) is 12.8 Å². The molecule has 3 heteroatoms. The summed E-state index contributed by atoms with van der Waals surface area (Å²) in [5.74, 6) is 0.0102. The van der Waals surface area contributed by atoms with E-state index in [9.17, 15) is 4.79 Å². The molecule has 0 amide bonds. The van der Waals surface area contributed by atoms with Crippen LogP contribution in [0.25, 0.3) is 0 Å². The van der Waals surface area contributed by atoms with Gasteiger partial charge in [0.15, 0.2) is 5.78 Å². The fourth-order valence-corrected chi connectivity index (χ4v) is 1.97. The molecule has 0 bridgehead atoms. The molecular weight excluding hydrogens is 188 g/mol. The quantitative estimate of drug-likeness (QED) is 0.758. The second kappa shape index (κ2) is 4.45. The molecule has 0 aromatic heterocycles. The fourth-order valence-electron chi connectivity index (χ4n) is 1.97. The van der Waals surface area contributed by atoms with Gasteiger partial charge >= 0.3 is 0 Å². The number of nitrogens with two attached hydrogens (primary N) is 1. The van der Waals surface area contributed by atoms with Crippen molar-refractivity contribution < 1.29 is 4.79 Å². The molecule has 1 fully saturated rings. The average molecular weight is 204 g/mol. The van der Waals surface area contributed by atoms with Crippen molar-refractivity contribution in [1.82, 2.24) is 0 Å². The number of benzene rings is 1. The zero-order chi connectivity index (χ0) is 10.7. The van der Waals surface area contributed by atoms with Crippen LogP contribution in [0, 0.1) is 0 Å². The summed E-state index contributed by atoms with van der Waals surface area (Å²) >= 11 is 0. The van der Waals surface area contributed by atoms with Crippen LogP contribution in [0.5, 0.6) is 0 Å². The standard InChI is InChI=1S/C12H16N2O/c13-9-12(15)10-4-3-5-11(8-10)14-6-1-2-7-14/h3-5,8H,1-2,6-7,9,13H2. The summed E-state index contributed by atoms with van der Waals surface area (Å²) < 4.78 is 0. The highest BCUT2D eigenvalue weighted by Crippen LogP contribution is 2.21. The van der Waals surface area contributed by atoms with E-state index in [1.807, 2.05) is 18.2 Å². The predicted molar refractivity (Wildman–Crippen MR) is 61.3 cm³/mol. The van der Waals surface area contributed by atoms with Crippen LogP contribution in [-0.4, -0.2) is 25.4 Å². The largest absolute Gasteiger partial charge is 0.372 e. The first kappa shape index (κ1) is 10.2. The Morgan fingerprint density at radius 3 is 2.73 bits per heavy atom. The lowest BCUT2D eigenvalue weighted by molar-refractivity contribution is 0.100. The van der Waals surface area contributed by atoms with E-state index >= 15 is 0 Å². The van der Waals surface area contributed by atoms with Gasteiger partial charge in [0.2, 0.25) is 0 Å². The zero-order valence-electron chi connectivity index (χ0n) is 8.78. The summed E-state index contributed by atoms with van der Waals surface area (Å²) in [7, 11) is 0. The Kier molecular flexibility index (Phi) is 3.02. The summed E-state index contributed by atoms with van der Waals surface area (Å²) in [5.41, 5.74) is 7.21. The van der Waals surface area contributed by atoms with Crippen LogP contribution in [0.15, 0.2) is 24.3 Å². The predicted octanol–water partition coefficient (Wildman–Crippen LogP) is 1.43. The van der Waals surface area contributed by atoms with Gasteiger partial charge in [0.1, 0.15) is 0 Å². The lowest BCUT2D eigenvalue weighted by Gasteiger charge is -2.17. The Balaban J connectivity index is 2.21. The van der Waals surface area contributed by atoms with Gasteiger partial charge in [-0.1, -0.05) is 12.1 Å². The number of Topliss-reactive ketones (excluding diaryl/α,β-unsaturated/α-hetero) is 1. The van der Waals surface area contributed by atoms with Gasteiger partial charge in [0, 0.05) is 24.3 Å². The molecule has 15 heavy (non-hydrogen) atoms. The van der Waals surface area contributed by atoms with Crippen molar-refractivity contribution in [3.8, 4) is 0 Å². The zero-order valence-corrected chi connectivity index (χ0v) is 8.78. The fraction of sp³-hybridized carbons (Fsp3) is 0.417. The van der Waals surface area contributed by atoms with Crippen molar-refractivity contribution >= 4 is 11.5 Å². The molecule has 0 unspecified atom stereocenters. The smallest absolute Gasteiger partial charge is 0.176 e. The highest BCUT2D eigenvalue weighted by Gasteiger charge is 2.13. The Morgan fingerprint density at radius 2 is 2.07 bits per heavy atom. The van der Waals surface area contributed by atoms with Gasteiger partial charge in [-0.15, -0.1) is 0 Å². The maximum Gasteiger partial charge on any atom is 0.176 e. The third kappa shape index (κ3) is 2.18. The van der Waals surface area contributed by atoms with E-state index in [0.29, 0.717) is 0 Å².